The third kappa shape index (κ3) is 5.79. The molecule has 0 amide bonds. The Bertz CT molecular complexity index is 712. The Hall–Kier alpha value is -1.36. The highest BCUT2D eigenvalue weighted by Crippen LogP contribution is 2.13. The van der Waals surface area contributed by atoms with Crippen molar-refractivity contribution in [2.75, 3.05) is 6.54 Å². The zero-order valence-electron chi connectivity index (χ0n) is 12.5. The third-order valence-corrected chi connectivity index (χ3v) is 4.92. The van der Waals surface area contributed by atoms with Crippen molar-refractivity contribution in [2.45, 2.75) is 25.5 Å². The molecule has 2 rings (SSSR count). The molecule has 0 heterocycles. The largest absolute Gasteiger partial charge is 0.215 e. The lowest BCUT2D eigenvalue weighted by molar-refractivity contribution is 0.578. The number of nitrogens with one attached hydrogen (secondary N) is 1. The van der Waals surface area contributed by atoms with Crippen molar-refractivity contribution in [3.8, 4) is 0 Å². The Labute approximate surface area is 137 Å². The molecule has 0 aromatic heterocycles. The second-order valence-electron chi connectivity index (χ2n) is 5.37. The minimum atomic E-state index is -3.32. The van der Waals surface area contributed by atoms with E-state index in [4.69, 9.17) is 11.6 Å². The maximum Gasteiger partial charge on any atom is 0.215 e. The maximum absolute atomic E-state index is 12.0. The number of aryl methyl sites for hydroxylation is 2. The summed E-state index contributed by atoms with van der Waals surface area (Å²) in [5.74, 6) is -0.0436. The molecule has 0 aliphatic rings. The summed E-state index contributed by atoms with van der Waals surface area (Å²) in [6.07, 6.45) is 1.64. The second kappa shape index (κ2) is 7.77. The van der Waals surface area contributed by atoms with Gasteiger partial charge < -0.3 is 0 Å². The topological polar surface area (TPSA) is 46.2 Å². The van der Waals surface area contributed by atoms with E-state index in [9.17, 15) is 8.42 Å². The predicted octanol–water partition coefficient (Wildman–Crippen LogP) is 3.70. The molecule has 0 radical (unpaired) electrons. The first-order valence-corrected chi connectivity index (χ1v) is 9.25. The number of sulfonamides is 1. The van der Waals surface area contributed by atoms with Crippen LogP contribution in [-0.2, 0) is 22.2 Å². The molecular weight excluding hydrogens is 318 g/mol. The number of benzene rings is 2. The summed E-state index contributed by atoms with van der Waals surface area (Å²) in [4.78, 5) is 0. The van der Waals surface area contributed by atoms with E-state index >= 15 is 0 Å². The summed E-state index contributed by atoms with van der Waals surface area (Å²) in [5, 5.41) is 0.548. The van der Waals surface area contributed by atoms with E-state index in [-0.39, 0.29) is 5.75 Å². The van der Waals surface area contributed by atoms with Crippen molar-refractivity contribution in [1.29, 1.82) is 0 Å². The molecule has 2 aromatic carbocycles. The minimum absolute atomic E-state index is 0.0436. The average molecular weight is 338 g/mol. The van der Waals surface area contributed by atoms with Crippen LogP contribution in [0.15, 0.2) is 48.5 Å². The van der Waals surface area contributed by atoms with Crippen molar-refractivity contribution in [1.82, 2.24) is 4.72 Å². The fourth-order valence-electron chi connectivity index (χ4n) is 2.17. The molecule has 0 fully saturated rings. The number of halogens is 1. The van der Waals surface area contributed by atoms with Crippen LogP contribution >= 0.6 is 11.6 Å². The molecular formula is C17H20ClNO2S. The lowest BCUT2D eigenvalue weighted by atomic mass is 10.1. The molecule has 0 aliphatic carbocycles. The van der Waals surface area contributed by atoms with Crippen LogP contribution in [0.4, 0.5) is 0 Å². The molecule has 22 heavy (non-hydrogen) atoms. The van der Waals surface area contributed by atoms with Gasteiger partial charge in [-0.3, -0.25) is 0 Å². The molecule has 0 saturated heterocycles. The smallest absolute Gasteiger partial charge is 0.215 e. The monoisotopic (exact) mass is 337 g/mol. The quantitative estimate of drug-likeness (QED) is 0.783. The SMILES string of the molecule is Cc1ccc(CCCNS(=O)(=O)Cc2cccc(Cl)c2)cc1. The zero-order valence-corrected chi connectivity index (χ0v) is 14.1. The maximum atomic E-state index is 12.0. The summed E-state index contributed by atoms with van der Waals surface area (Å²) in [6.45, 7) is 2.49. The van der Waals surface area contributed by atoms with E-state index < -0.39 is 10.0 Å². The van der Waals surface area contributed by atoms with Gasteiger partial charge in [-0.05, 0) is 43.0 Å². The molecule has 3 nitrogen and oxygen atoms in total. The predicted molar refractivity (Wildman–Crippen MR) is 91.6 cm³/mol. The van der Waals surface area contributed by atoms with Crippen LogP contribution in [0.2, 0.25) is 5.02 Å². The van der Waals surface area contributed by atoms with E-state index in [1.54, 1.807) is 24.3 Å². The average Bonchev–Trinajstić information content (AvgIpc) is 2.45. The van der Waals surface area contributed by atoms with E-state index in [2.05, 4.69) is 29.0 Å². The Balaban J connectivity index is 1.79. The van der Waals surface area contributed by atoms with Gasteiger partial charge >= 0.3 is 0 Å². The van der Waals surface area contributed by atoms with Crippen molar-refractivity contribution in [3.63, 3.8) is 0 Å². The van der Waals surface area contributed by atoms with Gasteiger partial charge in [-0.15, -0.1) is 0 Å². The van der Waals surface area contributed by atoms with Crippen molar-refractivity contribution in [3.05, 3.63) is 70.2 Å². The molecule has 5 heteroatoms. The van der Waals surface area contributed by atoms with Crippen molar-refractivity contribution >= 4 is 21.6 Å². The van der Waals surface area contributed by atoms with Crippen LogP contribution < -0.4 is 4.72 Å². The Morgan fingerprint density at radius 2 is 1.77 bits per heavy atom. The molecule has 0 spiro atoms. The fourth-order valence-corrected chi connectivity index (χ4v) is 3.56. The molecule has 0 saturated carbocycles. The van der Waals surface area contributed by atoms with E-state index in [1.165, 1.54) is 11.1 Å². The van der Waals surface area contributed by atoms with Gasteiger partial charge in [-0.25, -0.2) is 13.1 Å². The Morgan fingerprint density at radius 1 is 1.05 bits per heavy atom. The highest BCUT2D eigenvalue weighted by atomic mass is 35.5. The first-order chi connectivity index (χ1) is 10.4. The van der Waals surface area contributed by atoms with E-state index in [0.29, 0.717) is 17.1 Å². The number of hydrogen-bond donors (Lipinski definition) is 1. The highest BCUT2D eigenvalue weighted by Gasteiger charge is 2.11. The summed E-state index contributed by atoms with van der Waals surface area (Å²) >= 11 is 5.86. The molecule has 0 bridgehead atoms. The Morgan fingerprint density at radius 3 is 2.45 bits per heavy atom. The van der Waals surface area contributed by atoms with Crippen LogP contribution in [0, 0.1) is 6.92 Å². The second-order valence-corrected chi connectivity index (χ2v) is 7.62. The van der Waals surface area contributed by atoms with Crippen LogP contribution in [0.5, 0.6) is 0 Å². The number of rotatable bonds is 7. The molecule has 0 atom stereocenters. The van der Waals surface area contributed by atoms with Crippen molar-refractivity contribution in [2.24, 2.45) is 0 Å². The number of hydrogen-bond acceptors (Lipinski definition) is 2. The molecule has 1 N–H and O–H groups in total. The van der Waals surface area contributed by atoms with Gasteiger partial charge in [0.1, 0.15) is 0 Å². The Kier molecular flexibility index (Phi) is 6.00. The lowest BCUT2D eigenvalue weighted by Gasteiger charge is -2.07. The van der Waals surface area contributed by atoms with Gasteiger partial charge in [0, 0.05) is 11.6 Å². The minimum Gasteiger partial charge on any atom is -0.215 e. The molecule has 0 unspecified atom stereocenters. The zero-order chi connectivity index (χ0) is 16.0. The van der Waals surface area contributed by atoms with Gasteiger partial charge in [-0.2, -0.15) is 0 Å². The summed E-state index contributed by atoms with van der Waals surface area (Å²) in [7, 11) is -3.32. The van der Waals surface area contributed by atoms with Gasteiger partial charge in [0.05, 0.1) is 5.75 Å². The third-order valence-electron chi connectivity index (χ3n) is 3.33. The summed E-state index contributed by atoms with van der Waals surface area (Å²) in [5.41, 5.74) is 3.14. The molecule has 0 aliphatic heterocycles. The van der Waals surface area contributed by atoms with Gasteiger partial charge in [0.2, 0.25) is 10.0 Å². The summed E-state index contributed by atoms with van der Waals surface area (Å²) in [6, 6.07) is 15.2. The highest BCUT2D eigenvalue weighted by molar-refractivity contribution is 7.88. The van der Waals surface area contributed by atoms with Gasteiger partial charge in [-0.1, -0.05) is 53.6 Å². The van der Waals surface area contributed by atoms with E-state index in [0.717, 1.165) is 12.8 Å². The van der Waals surface area contributed by atoms with Gasteiger partial charge in [0.25, 0.3) is 0 Å². The molecule has 2 aromatic rings. The first kappa shape index (κ1) is 17.0. The van der Waals surface area contributed by atoms with E-state index in [1.807, 2.05) is 6.92 Å². The standard InChI is InChI=1S/C17H20ClNO2S/c1-14-7-9-15(10-8-14)5-3-11-19-22(20,21)13-16-4-2-6-17(18)12-16/h2,4,6-10,12,19H,3,5,11,13H2,1H3. The van der Waals surface area contributed by atoms with Crippen LogP contribution in [0.25, 0.3) is 0 Å². The van der Waals surface area contributed by atoms with Crippen LogP contribution in [0.1, 0.15) is 23.1 Å². The summed E-state index contributed by atoms with van der Waals surface area (Å²) < 4.78 is 26.7. The lowest BCUT2D eigenvalue weighted by Crippen LogP contribution is -2.26. The van der Waals surface area contributed by atoms with Crippen LogP contribution in [-0.4, -0.2) is 15.0 Å². The van der Waals surface area contributed by atoms with Gasteiger partial charge in [0.15, 0.2) is 0 Å². The fraction of sp³-hybridized carbons (Fsp3) is 0.294. The van der Waals surface area contributed by atoms with Crippen molar-refractivity contribution < 1.29 is 8.42 Å². The molecule has 118 valence electrons. The normalized spacial score (nSPS) is 11.5. The van der Waals surface area contributed by atoms with Crippen LogP contribution in [0.3, 0.4) is 0 Å². The first-order valence-electron chi connectivity index (χ1n) is 7.22.